The highest BCUT2D eigenvalue weighted by molar-refractivity contribution is 5.35. The van der Waals surface area contributed by atoms with Crippen LogP contribution in [0.15, 0.2) is 48.5 Å². The predicted molar refractivity (Wildman–Crippen MR) is 112 cm³/mol. The Morgan fingerprint density at radius 3 is 2.12 bits per heavy atom. The molecule has 1 fully saturated rings. The van der Waals surface area contributed by atoms with Crippen LogP contribution in [0, 0.1) is 0 Å². The summed E-state index contributed by atoms with van der Waals surface area (Å²) in [5, 5.41) is 3.43. The molecule has 4 atom stereocenters. The maximum absolute atomic E-state index is 13.2. The highest BCUT2D eigenvalue weighted by Gasteiger charge is 2.41. The van der Waals surface area contributed by atoms with Crippen molar-refractivity contribution in [2.24, 2.45) is 11.5 Å². The molecule has 4 nitrogen and oxygen atoms in total. The topological polar surface area (TPSA) is 73.3 Å². The fourth-order valence-corrected chi connectivity index (χ4v) is 4.14. The SMILES string of the molecule is CC(OCC1(c2ccccc2)CCC(N)C(CN)N1)c1cc(C(F)(F)F)cc(C(F)(F)F)c1. The van der Waals surface area contributed by atoms with Gasteiger partial charge in [0.1, 0.15) is 0 Å². The van der Waals surface area contributed by atoms with Gasteiger partial charge >= 0.3 is 12.4 Å². The monoisotopic (exact) mass is 475 g/mol. The first kappa shape index (κ1) is 25.5. The lowest BCUT2D eigenvalue weighted by molar-refractivity contribution is -0.143. The molecular weight excluding hydrogens is 448 g/mol. The Morgan fingerprint density at radius 2 is 1.61 bits per heavy atom. The minimum absolute atomic E-state index is 0.0129. The minimum atomic E-state index is -4.92. The van der Waals surface area contributed by atoms with Gasteiger partial charge in [-0.2, -0.15) is 26.3 Å². The second kappa shape index (κ2) is 9.61. The lowest BCUT2D eigenvalue weighted by atomic mass is 9.79. The van der Waals surface area contributed by atoms with Crippen LogP contribution >= 0.6 is 0 Å². The van der Waals surface area contributed by atoms with E-state index in [1.54, 1.807) is 0 Å². The zero-order chi connectivity index (χ0) is 24.4. The van der Waals surface area contributed by atoms with Crippen LogP contribution in [-0.2, 0) is 22.6 Å². The lowest BCUT2D eigenvalue weighted by Gasteiger charge is -2.45. The standard InChI is InChI=1S/C23H27F6N3O/c1-14(15-9-17(22(24,25)26)11-18(10-15)23(27,28)29)33-13-21(16-5-3-2-4-6-16)8-7-19(31)20(12-30)32-21/h2-6,9-11,14,19-20,32H,7-8,12-13,30-31H2,1H3. The number of rotatable bonds is 6. The fraction of sp³-hybridized carbons (Fsp3) is 0.478. The van der Waals surface area contributed by atoms with Crippen molar-refractivity contribution < 1.29 is 31.1 Å². The van der Waals surface area contributed by atoms with Gasteiger partial charge in [0.25, 0.3) is 0 Å². The first-order chi connectivity index (χ1) is 15.4. The van der Waals surface area contributed by atoms with Gasteiger partial charge in [0.2, 0.25) is 0 Å². The Hall–Kier alpha value is -2.14. The van der Waals surface area contributed by atoms with Crippen molar-refractivity contribution in [2.75, 3.05) is 13.2 Å². The quantitative estimate of drug-likeness (QED) is 0.528. The summed E-state index contributed by atoms with van der Waals surface area (Å²) >= 11 is 0. The summed E-state index contributed by atoms with van der Waals surface area (Å²) in [7, 11) is 0. The highest BCUT2D eigenvalue weighted by Crippen LogP contribution is 2.39. The van der Waals surface area contributed by atoms with Gasteiger partial charge in [-0.3, -0.25) is 5.32 Å². The van der Waals surface area contributed by atoms with E-state index in [4.69, 9.17) is 16.2 Å². The van der Waals surface area contributed by atoms with E-state index in [1.165, 1.54) is 6.92 Å². The third-order valence-corrected chi connectivity index (χ3v) is 6.12. The summed E-state index contributed by atoms with van der Waals surface area (Å²) in [6, 6.07) is 10.4. The average Bonchev–Trinajstić information content (AvgIpc) is 2.77. The molecule has 1 saturated heterocycles. The van der Waals surface area contributed by atoms with Crippen molar-refractivity contribution in [3.8, 4) is 0 Å². The van der Waals surface area contributed by atoms with Gasteiger partial charge in [-0.15, -0.1) is 0 Å². The summed E-state index contributed by atoms with van der Waals surface area (Å²) in [6.07, 6.45) is -9.67. The number of nitrogens with two attached hydrogens (primary N) is 2. The maximum Gasteiger partial charge on any atom is 0.416 e. The van der Waals surface area contributed by atoms with E-state index in [1.807, 2.05) is 30.3 Å². The van der Waals surface area contributed by atoms with Gasteiger partial charge in [0.05, 0.1) is 29.4 Å². The van der Waals surface area contributed by atoms with Gasteiger partial charge in [0.15, 0.2) is 0 Å². The smallest absolute Gasteiger partial charge is 0.372 e. The van der Waals surface area contributed by atoms with Gasteiger partial charge < -0.3 is 16.2 Å². The summed E-state index contributed by atoms with van der Waals surface area (Å²) < 4.78 is 85.3. The van der Waals surface area contributed by atoms with Crippen molar-refractivity contribution in [1.82, 2.24) is 5.32 Å². The van der Waals surface area contributed by atoms with E-state index >= 15 is 0 Å². The highest BCUT2D eigenvalue weighted by atomic mass is 19.4. The fourth-order valence-electron chi connectivity index (χ4n) is 4.14. The summed E-state index contributed by atoms with van der Waals surface area (Å²) in [5.41, 5.74) is 9.21. The van der Waals surface area contributed by atoms with Gasteiger partial charge in [-0.1, -0.05) is 30.3 Å². The number of hydrogen-bond donors (Lipinski definition) is 3. The van der Waals surface area contributed by atoms with Gasteiger partial charge in [-0.25, -0.2) is 0 Å². The van der Waals surface area contributed by atoms with Gasteiger partial charge in [-0.05, 0) is 49.1 Å². The summed E-state index contributed by atoms with van der Waals surface area (Å²) in [6.45, 7) is 1.72. The molecule has 4 unspecified atom stereocenters. The van der Waals surface area contributed by atoms with Crippen molar-refractivity contribution in [3.63, 3.8) is 0 Å². The summed E-state index contributed by atoms with van der Waals surface area (Å²) in [4.78, 5) is 0. The largest absolute Gasteiger partial charge is 0.416 e. The van der Waals surface area contributed by atoms with Crippen molar-refractivity contribution in [3.05, 3.63) is 70.8 Å². The molecule has 1 heterocycles. The Labute approximate surface area is 188 Å². The second-order valence-corrected chi connectivity index (χ2v) is 8.43. The van der Waals surface area contributed by atoms with Gasteiger partial charge in [0, 0.05) is 18.6 Å². The van der Waals surface area contributed by atoms with Crippen LogP contribution in [0.2, 0.25) is 0 Å². The Kier molecular flexibility index (Phi) is 7.42. The molecule has 5 N–H and O–H groups in total. The number of benzene rings is 2. The zero-order valence-corrected chi connectivity index (χ0v) is 18.0. The molecular formula is C23H27F6N3O. The molecule has 2 aromatic carbocycles. The molecule has 0 bridgehead atoms. The number of alkyl halides is 6. The number of ether oxygens (including phenoxy) is 1. The van der Waals surface area contributed by atoms with Crippen LogP contribution in [0.5, 0.6) is 0 Å². The summed E-state index contributed by atoms with van der Waals surface area (Å²) in [5.74, 6) is 0. The van der Waals surface area contributed by atoms with Crippen LogP contribution in [0.4, 0.5) is 26.3 Å². The van der Waals surface area contributed by atoms with Crippen molar-refractivity contribution >= 4 is 0 Å². The third kappa shape index (κ3) is 5.87. The molecule has 1 aliphatic heterocycles. The van der Waals surface area contributed by atoms with E-state index in [0.29, 0.717) is 25.0 Å². The predicted octanol–water partition coefficient (Wildman–Crippen LogP) is 4.74. The van der Waals surface area contributed by atoms with Crippen LogP contribution < -0.4 is 16.8 Å². The Bertz CT molecular complexity index is 902. The van der Waals surface area contributed by atoms with Crippen LogP contribution in [0.3, 0.4) is 0 Å². The first-order valence-corrected chi connectivity index (χ1v) is 10.6. The molecule has 0 aromatic heterocycles. The molecule has 10 heteroatoms. The molecule has 3 rings (SSSR count). The average molecular weight is 475 g/mol. The molecule has 182 valence electrons. The first-order valence-electron chi connectivity index (χ1n) is 10.6. The van der Waals surface area contributed by atoms with Crippen molar-refractivity contribution in [2.45, 2.75) is 55.8 Å². The second-order valence-electron chi connectivity index (χ2n) is 8.43. The molecule has 0 amide bonds. The molecule has 1 aliphatic rings. The molecule has 0 spiro atoms. The molecule has 0 aliphatic carbocycles. The Balaban J connectivity index is 1.90. The van der Waals surface area contributed by atoms with Crippen molar-refractivity contribution in [1.29, 1.82) is 0 Å². The number of hydrogen-bond acceptors (Lipinski definition) is 4. The Morgan fingerprint density at radius 1 is 1.03 bits per heavy atom. The van der Waals surface area contributed by atoms with E-state index < -0.39 is 35.1 Å². The normalized spacial score (nSPS) is 25.1. The zero-order valence-electron chi connectivity index (χ0n) is 18.0. The molecule has 2 aromatic rings. The number of nitrogens with one attached hydrogen (secondary N) is 1. The van der Waals surface area contributed by atoms with E-state index in [9.17, 15) is 26.3 Å². The third-order valence-electron chi connectivity index (χ3n) is 6.12. The lowest BCUT2D eigenvalue weighted by Crippen LogP contribution is -2.63. The van der Waals surface area contributed by atoms with Crippen LogP contribution in [0.1, 0.15) is 48.1 Å². The van der Waals surface area contributed by atoms with Crippen LogP contribution in [-0.4, -0.2) is 25.2 Å². The molecule has 0 saturated carbocycles. The molecule has 33 heavy (non-hydrogen) atoms. The molecule has 0 radical (unpaired) electrons. The van der Waals surface area contributed by atoms with E-state index in [0.717, 1.165) is 5.56 Å². The van der Waals surface area contributed by atoms with Crippen LogP contribution in [0.25, 0.3) is 0 Å². The maximum atomic E-state index is 13.2. The number of halogens is 6. The minimum Gasteiger partial charge on any atom is -0.372 e. The van der Waals surface area contributed by atoms with E-state index in [-0.39, 0.29) is 36.9 Å². The number of piperidine rings is 1. The van der Waals surface area contributed by atoms with E-state index in [2.05, 4.69) is 5.32 Å².